The maximum Gasteiger partial charge on any atom is 0.244 e. The molecule has 4 rings (SSSR count). The number of aromatic nitrogens is 2. The second kappa shape index (κ2) is 6.85. The molecule has 4 aromatic rings. The Morgan fingerprint density at radius 1 is 1.11 bits per heavy atom. The monoisotopic (exact) mass is 377 g/mol. The van der Waals surface area contributed by atoms with Gasteiger partial charge in [0.1, 0.15) is 6.54 Å². The number of benzene rings is 2. The lowest BCUT2D eigenvalue weighted by molar-refractivity contribution is -0.116. The molecule has 0 fully saturated rings. The van der Waals surface area contributed by atoms with Crippen molar-refractivity contribution in [2.24, 2.45) is 0 Å². The summed E-state index contributed by atoms with van der Waals surface area (Å²) in [5.74, 6) is -0.191. The van der Waals surface area contributed by atoms with Crippen LogP contribution in [-0.2, 0) is 11.3 Å². The van der Waals surface area contributed by atoms with E-state index in [0.29, 0.717) is 16.1 Å². The van der Waals surface area contributed by atoms with Crippen LogP contribution >= 0.6 is 11.6 Å². The van der Waals surface area contributed by atoms with E-state index in [1.165, 1.54) is 6.07 Å². The number of nitrogens with one attached hydrogen (secondary N) is 1. The highest BCUT2D eigenvalue weighted by molar-refractivity contribution is 6.32. The summed E-state index contributed by atoms with van der Waals surface area (Å²) in [4.78, 5) is 29.0. The highest BCUT2D eigenvalue weighted by atomic mass is 35.5. The number of anilines is 1. The first kappa shape index (κ1) is 17.2. The predicted molar refractivity (Wildman–Crippen MR) is 108 cm³/mol. The Labute approximate surface area is 160 Å². The van der Waals surface area contributed by atoms with E-state index in [4.69, 9.17) is 11.6 Å². The van der Waals surface area contributed by atoms with E-state index in [1.807, 2.05) is 31.2 Å². The largest absolute Gasteiger partial charge is 0.338 e. The van der Waals surface area contributed by atoms with Crippen LogP contribution in [0.25, 0.3) is 21.8 Å². The molecule has 0 saturated heterocycles. The summed E-state index contributed by atoms with van der Waals surface area (Å²) in [6.07, 6.45) is 3.29. The van der Waals surface area contributed by atoms with Gasteiger partial charge in [0, 0.05) is 34.3 Å². The van der Waals surface area contributed by atoms with Crippen molar-refractivity contribution in [2.75, 3.05) is 5.32 Å². The van der Waals surface area contributed by atoms with Crippen molar-refractivity contribution >= 4 is 45.0 Å². The van der Waals surface area contributed by atoms with Gasteiger partial charge in [-0.2, -0.15) is 0 Å². The van der Waals surface area contributed by atoms with Crippen LogP contribution in [0.3, 0.4) is 0 Å². The summed E-state index contributed by atoms with van der Waals surface area (Å²) in [5, 5.41) is 5.00. The zero-order valence-corrected chi connectivity index (χ0v) is 15.3. The number of carbonyl (C=O) groups excluding carboxylic acids is 1. The van der Waals surface area contributed by atoms with E-state index in [1.54, 1.807) is 35.2 Å². The quantitative estimate of drug-likeness (QED) is 0.583. The van der Waals surface area contributed by atoms with Crippen LogP contribution < -0.4 is 10.7 Å². The van der Waals surface area contributed by atoms with E-state index in [2.05, 4.69) is 10.3 Å². The van der Waals surface area contributed by atoms with Crippen LogP contribution in [0.4, 0.5) is 5.69 Å². The van der Waals surface area contributed by atoms with Crippen LogP contribution in [0.2, 0.25) is 5.02 Å². The number of rotatable bonds is 3. The third-order valence-electron chi connectivity index (χ3n) is 4.57. The molecule has 1 N–H and O–H groups in total. The van der Waals surface area contributed by atoms with Gasteiger partial charge in [-0.3, -0.25) is 14.6 Å². The first-order chi connectivity index (χ1) is 13.0. The number of nitrogens with zero attached hydrogens (tertiary/aromatic N) is 2. The zero-order chi connectivity index (χ0) is 19.0. The number of fused-ring (bicyclic) bond motifs is 2. The average Bonchev–Trinajstić information content (AvgIpc) is 2.67. The van der Waals surface area contributed by atoms with Crippen molar-refractivity contribution in [1.29, 1.82) is 0 Å². The van der Waals surface area contributed by atoms with Crippen molar-refractivity contribution in [3.05, 3.63) is 81.7 Å². The van der Waals surface area contributed by atoms with E-state index in [9.17, 15) is 9.59 Å². The number of halogens is 1. The van der Waals surface area contributed by atoms with E-state index in [-0.39, 0.29) is 17.9 Å². The van der Waals surface area contributed by atoms with Gasteiger partial charge in [-0.1, -0.05) is 23.7 Å². The summed E-state index contributed by atoms with van der Waals surface area (Å²) in [6.45, 7) is 1.99. The first-order valence-corrected chi connectivity index (χ1v) is 8.84. The number of aryl methyl sites for hydroxylation is 1. The Bertz CT molecular complexity index is 1250. The summed E-state index contributed by atoms with van der Waals surface area (Å²) >= 11 is 6.17. The van der Waals surface area contributed by atoms with E-state index >= 15 is 0 Å². The lowest BCUT2D eigenvalue weighted by Gasteiger charge is -2.13. The smallest absolute Gasteiger partial charge is 0.244 e. The van der Waals surface area contributed by atoms with Crippen molar-refractivity contribution in [3.63, 3.8) is 0 Å². The Morgan fingerprint density at radius 3 is 2.78 bits per heavy atom. The first-order valence-electron chi connectivity index (χ1n) is 8.46. The van der Waals surface area contributed by atoms with E-state index < -0.39 is 0 Å². The number of hydrogen-bond donors (Lipinski definition) is 1. The van der Waals surface area contributed by atoms with Gasteiger partial charge in [0.05, 0.1) is 16.7 Å². The minimum Gasteiger partial charge on any atom is -0.338 e. The predicted octanol–water partition coefficient (Wildman–Crippen LogP) is 4.15. The van der Waals surface area contributed by atoms with Crippen LogP contribution in [-0.4, -0.2) is 15.5 Å². The van der Waals surface area contributed by atoms with Crippen molar-refractivity contribution < 1.29 is 4.79 Å². The van der Waals surface area contributed by atoms with Gasteiger partial charge < -0.3 is 9.88 Å². The van der Waals surface area contributed by atoms with Crippen LogP contribution in [0.15, 0.2) is 65.7 Å². The van der Waals surface area contributed by atoms with Gasteiger partial charge in [-0.15, -0.1) is 0 Å². The van der Waals surface area contributed by atoms with Gasteiger partial charge in [0.2, 0.25) is 5.91 Å². The highest BCUT2D eigenvalue weighted by Crippen LogP contribution is 2.28. The topological polar surface area (TPSA) is 64.0 Å². The minimum absolute atomic E-state index is 0.0604. The third-order valence-corrected chi connectivity index (χ3v) is 4.98. The van der Waals surface area contributed by atoms with Crippen LogP contribution in [0, 0.1) is 6.92 Å². The molecule has 0 spiro atoms. The maximum atomic E-state index is 12.6. The Balaban J connectivity index is 1.67. The molecule has 2 heterocycles. The molecule has 5 nitrogen and oxygen atoms in total. The summed E-state index contributed by atoms with van der Waals surface area (Å²) in [5.41, 5.74) is 2.97. The molecule has 1 amide bonds. The lowest BCUT2D eigenvalue weighted by atomic mass is 10.1. The Kier molecular flexibility index (Phi) is 4.38. The van der Waals surface area contributed by atoms with Crippen LogP contribution in [0.5, 0.6) is 0 Å². The van der Waals surface area contributed by atoms with Crippen molar-refractivity contribution in [2.45, 2.75) is 13.5 Å². The van der Waals surface area contributed by atoms with Gasteiger partial charge >= 0.3 is 0 Å². The SMILES string of the molecule is Cc1c(Cl)ccc2c(NC(=O)Cn3ccc(=O)c4ccccc43)ccnc12. The fourth-order valence-electron chi connectivity index (χ4n) is 3.19. The molecule has 0 saturated carbocycles. The normalized spacial score (nSPS) is 11.0. The fraction of sp³-hybridized carbons (Fsp3) is 0.0952. The molecule has 27 heavy (non-hydrogen) atoms. The molecule has 0 bridgehead atoms. The molecule has 134 valence electrons. The van der Waals surface area contributed by atoms with Crippen molar-refractivity contribution in [3.8, 4) is 0 Å². The third kappa shape index (κ3) is 3.17. The molecule has 0 aliphatic carbocycles. The number of amides is 1. The van der Waals surface area contributed by atoms with Gasteiger partial charge in [-0.25, -0.2) is 0 Å². The number of carbonyl (C=O) groups is 1. The summed E-state index contributed by atoms with van der Waals surface area (Å²) in [6, 6.07) is 14.1. The molecule has 6 heteroatoms. The molecule has 0 atom stereocenters. The zero-order valence-electron chi connectivity index (χ0n) is 14.6. The second-order valence-electron chi connectivity index (χ2n) is 6.30. The number of hydrogen-bond acceptors (Lipinski definition) is 3. The molecule has 2 aromatic carbocycles. The minimum atomic E-state index is -0.191. The Morgan fingerprint density at radius 2 is 1.93 bits per heavy atom. The van der Waals surface area contributed by atoms with Gasteiger partial charge in [0.25, 0.3) is 0 Å². The molecular weight excluding hydrogens is 362 g/mol. The van der Waals surface area contributed by atoms with Crippen LogP contribution in [0.1, 0.15) is 5.56 Å². The summed E-state index contributed by atoms with van der Waals surface area (Å²) < 4.78 is 1.76. The molecule has 0 unspecified atom stereocenters. The standard InChI is InChI=1S/C21H16ClN3O2/c1-13-16(22)7-6-14-17(8-10-23-21(13)14)24-20(27)12-25-11-9-19(26)15-4-2-3-5-18(15)25/h2-11H,12H2,1H3,(H,23,24,27). The maximum absolute atomic E-state index is 12.6. The summed E-state index contributed by atoms with van der Waals surface area (Å²) in [7, 11) is 0. The average molecular weight is 378 g/mol. The number of para-hydroxylation sites is 1. The van der Waals surface area contributed by atoms with Gasteiger partial charge in [0.15, 0.2) is 5.43 Å². The molecular formula is C21H16ClN3O2. The van der Waals surface area contributed by atoms with E-state index in [0.717, 1.165) is 22.0 Å². The number of pyridine rings is 2. The van der Waals surface area contributed by atoms with Gasteiger partial charge in [-0.05, 0) is 42.8 Å². The molecule has 2 aromatic heterocycles. The second-order valence-corrected chi connectivity index (χ2v) is 6.71. The molecule has 0 radical (unpaired) electrons. The lowest BCUT2D eigenvalue weighted by Crippen LogP contribution is -2.20. The molecule has 0 aliphatic rings. The Hall–Kier alpha value is -3.18. The van der Waals surface area contributed by atoms with Crippen molar-refractivity contribution in [1.82, 2.24) is 9.55 Å². The highest BCUT2D eigenvalue weighted by Gasteiger charge is 2.11. The molecule has 0 aliphatic heterocycles. The fourth-order valence-corrected chi connectivity index (χ4v) is 3.34.